The Bertz CT molecular complexity index is 720. The van der Waals surface area contributed by atoms with Gasteiger partial charge in [-0.3, -0.25) is 0 Å². The zero-order valence-corrected chi connectivity index (χ0v) is 19.6. The predicted molar refractivity (Wildman–Crippen MR) is 90.9 cm³/mol. The minimum atomic E-state index is -8.62. The van der Waals surface area contributed by atoms with Crippen molar-refractivity contribution in [2.75, 3.05) is 19.8 Å². The summed E-state index contributed by atoms with van der Waals surface area (Å²) in [6.45, 7) is 2.50. The summed E-state index contributed by atoms with van der Waals surface area (Å²) in [4.78, 5) is 0. The highest BCUT2D eigenvalue weighted by Crippen LogP contribution is 2.64. The van der Waals surface area contributed by atoms with Crippen molar-refractivity contribution in [1.82, 2.24) is 0 Å². The summed E-state index contributed by atoms with van der Waals surface area (Å²) in [5.41, 5.74) is 0. The fourth-order valence-corrected chi connectivity index (χ4v) is 3.59. The molecule has 0 aliphatic rings. The topological polar surface area (TPSA) is 27.7 Å². The Morgan fingerprint density at radius 3 is 1.16 bits per heavy atom. The largest absolute Gasteiger partial charge is 0.484 e. The highest BCUT2D eigenvalue weighted by atomic mass is 28.3. The van der Waals surface area contributed by atoms with Crippen LogP contribution in [-0.2, 0) is 13.3 Å². The van der Waals surface area contributed by atoms with Crippen molar-refractivity contribution in [3.8, 4) is 0 Å². The summed E-state index contributed by atoms with van der Waals surface area (Å²) >= 11 is 0. The number of halogens is 17. The normalized spacial score (nSPS) is 15.6. The van der Waals surface area contributed by atoms with E-state index < -0.39 is 83.0 Å². The van der Waals surface area contributed by atoms with Gasteiger partial charge in [0.1, 0.15) is 0 Å². The maximum atomic E-state index is 13.8. The Kier molecular flexibility index (Phi) is 11.2. The molecule has 0 rings (SSSR count). The van der Waals surface area contributed by atoms with Gasteiger partial charge < -0.3 is 13.3 Å². The molecule has 0 heterocycles. The predicted octanol–water partition coefficient (Wildman–Crippen LogP) is 6.97. The number of hydrogen-bond acceptors (Lipinski definition) is 3. The lowest BCUT2D eigenvalue weighted by atomic mass is 9.88. The van der Waals surface area contributed by atoms with Gasteiger partial charge in [0.15, 0.2) is 0 Å². The first-order chi connectivity index (χ1) is 16.2. The Labute approximate surface area is 199 Å². The van der Waals surface area contributed by atoms with Crippen molar-refractivity contribution in [2.45, 2.75) is 80.7 Å². The first-order valence-electron chi connectivity index (χ1n) is 9.80. The van der Waals surface area contributed by atoms with Gasteiger partial charge in [-0.25, -0.2) is 0 Å². The first kappa shape index (κ1) is 35.9. The summed E-state index contributed by atoms with van der Waals surface area (Å²) in [6.07, 6.45) is -12.2. The van der Waals surface area contributed by atoms with Gasteiger partial charge in [-0.15, -0.1) is 0 Å². The molecular formula is C16H19F17O3Si. The number of rotatable bonds is 16. The van der Waals surface area contributed by atoms with Crippen LogP contribution in [0.1, 0.15) is 33.1 Å². The van der Waals surface area contributed by atoms with Crippen molar-refractivity contribution in [3.63, 3.8) is 0 Å². The van der Waals surface area contributed by atoms with E-state index >= 15 is 0 Å². The Hall–Kier alpha value is -1.09. The van der Waals surface area contributed by atoms with Crippen LogP contribution in [0.4, 0.5) is 74.6 Å². The summed E-state index contributed by atoms with van der Waals surface area (Å²) in [6, 6.07) is 0. The van der Waals surface area contributed by atoms with Gasteiger partial charge in [-0.05, 0) is 26.7 Å². The Balaban J connectivity index is 5.87. The van der Waals surface area contributed by atoms with Crippen molar-refractivity contribution in [3.05, 3.63) is 0 Å². The second kappa shape index (κ2) is 11.6. The van der Waals surface area contributed by atoms with Gasteiger partial charge in [0.2, 0.25) is 0 Å². The zero-order chi connectivity index (χ0) is 29.9. The van der Waals surface area contributed by atoms with E-state index in [1.165, 1.54) is 13.8 Å². The lowest BCUT2D eigenvalue weighted by Gasteiger charge is -2.42. The Morgan fingerprint density at radius 1 is 0.459 bits per heavy atom. The van der Waals surface area contributed by atoms with Gasteiger partial charge in [-0.1, -0.05) is 0 Å². The molecule has 0 aromatic carbocycles. The van der Waals surface area contributed by atoms with E-state index in [9.17, 15) is 74.6 Å². The van der Waals surface area contributed by atoms with Crippen LogP contribution in [0.15, 0.2) is 0 Å². The van der Waals surface area contributed by atoms with Crippen LogP contribution < -0.4 is 0 Å². The van der Waals surface area contributed by atoms with Crippen LogP contribution in [0, 0.1) is 0 Å². The molecule has 0 atom stereocenters. The maximum Gasteiger partial charge on any atom is 0.484 e. The SMILES string of the molecule is CCO[SiH](OCC)OCCCCC(F)(F)C(F)(F)C(F)(F)C(F)(F)C(F)(F)C(F)(F)C(F)(F)C(F)(F)F. The van der Waals surface area contributed by atoms with E-state index in [0.717, 1.165) is 0 Å². The molecule has 37 heavy (non-hydrogen) atoms. The van der Waals surface area contributed by atoms with E-state index in [0.29, 0.717) is 0 Å². The molecule has 0 aromatic heterocycles. The molecule has 0 aliphatic heterocycles. The van der Waals surface area contributed by atoms with E-state index in [1.807, 2.05) is 0 Å². The van der Waals surface area contributed by atoms with Gasteiger partial charge in [0, 0.05) is 26.2 Å². The average Bonchev–Trinajstić information content (AvgIpc) is 2.71. The number of alkyl halides is 17. The third-order valence-corrected chi connectivity index (χ3v) is 6.25. The molecule has 224 valence electrons. The molecular weight excluding hydrogens is 591 g/mol. The number of hydrogen-bond donors (Lipinski definition) is 0. The molecule has 0 bridgehead atoms. The zero-order valence-electron chi connectivity index (χ0n) is 18.5. The van der Waals surface area contributed by atoms with Crippen molar-refractivity contribution in [2.24, 2.45) is 0 Å². The molecule has 0 unspecified atom stereocenters. The van der Waals surface area contributed by atoms with Crippen LogP contribution in [0.25, 0.3) is 0 Å². The van der Waals surface area contributed by atoms with Gasteiger partial charge in [-0.2, -0.15) is 74.6 Å². The second-order valence-corrected chi connectivity index (χ2v) is 8.75. The third-order valence-electron chi connectivity index (χ3n) is 4.53. The second-order valence-electron chi connectivity index (χ2n) is 7.18. The van der Waals surface area contributed by atoms with Gasteiger partial charge in [0.05, 0.1) is 0 Å². The lowest BCUT2D eigenvalue weighted by molar-refractivity contribution is -0.461. The maximum absolute atomic E-state index is 13.8. The summed E-state index contributed by atoms with van der Waals surface area (Å²) in [7, 11) is -2.82. The molecule has 0 radical (unpaired) electrons. The summed E-state index contributed by atoms with van der Waals surface area (Å²) in [5, 5.41) is 0. The quantitative estimate of drug-likeness (QED) is 0.107. The van der Waals surface area contributed by atoms with E-state index in [2.05, 4.69) is 0 Å². The Morgan fingerprint density at radius 2 is 0.811 bits per heavy atom. The fourth-order valence-electron chi connectivity index (χ4n) is 2.40. The molecule has 21 heteroatoms. The standard InChI is InChI=1S/C16H19F17O3Si/c1-3-34-37(35-4-2)36-8-6-5-7-9(17,18)10(19,20)11(21,22)12(23,24)13(25,26)14(27,28)15(29,30)16(31,32)33/h37H,3-8H2,1-2H3. The monoisotopic (exact) mass is 610 g/mol. The van der Waals surface area contributed by atoms with Crippen LogP contribution in [0.5, 0.6) is 0 Å². The van der Waals surface area contributed by atoms with Gasteiger partial charge in [0.25, 0.3) is 0 Å². The average molecular weight is 610 g/mol. The minimum absolute atomic E-state index is 0.0586. The molecule has 0 amide bonds. The minimum Gasteiger partial charge on any atom is -0.376 e. The fraction of sp³-hybridized carbons (Fsp3) is 1.00. The molecule has 0 aromatic rings. The smallest absolute Gasteiger partial charge is 0.376 e. The van der Waals surface area contributed by atoms with E-state index in [-0.39, 0.29) is 13.2 Å². The molecule has 3 nitrogen and oxygen atoms in total. The molecule has 0 fully saturated rings. The lowest BCUT2D eigenvalue weighted by Crippen LogP contribution is -2.74. The molecule has 0 aliphatic carbocycles. The van der Waals surface area contributed by atoms with E-state index in [1.54, 1.807) is 0 Å². The molecule has 0 saturated carbocycles. The summed E-state index contributed by atoms with van der Waals surface area (Å²) in [5.74, 6) is -56.1. The summed E-state index contributed by atoms with van der Waals surface area (Å²) < 4.78 is 239. The van der Waals surface area contributed by atoms with Crippen LogP contribution in [0.3, 0.4) is 0 Å². The van der Waals surface area contributed by atoms with Crippen LogP contribution in [-0.4, -0.2) is 77.0 Å². The number of unbranched alkanes of at least 4 members (excludes halogenated alkanes) is 1. The first-order valence-corrected chi connectivity index (χ1v) is 11.2. The van der Waals surface area contributed by atoms with Crippen LogP contribution in [0.2, 0.25) is 0 Å². The van der Waals surface area contributed by atoms with Crippen molar-refractivity contribution in [1.29, 1.82) is 0 Å². The third kappa shape index (κ3) is 6.39. The highest BCUT2D eigenvalue weighted by Gasteiger charge is 2.95. The van der Waals surface area contributed by atoms with Gasteiger partial charge >= 0.3 is 57.2 Å². The van der Waals surface area contributed by atoms with Crippen LogP contribution >= 0.6 is 0 Å². The highest BCUT2D eigenvalue weighted by molar-refractivity contribution is 6.36. The molecule has 0 spiro atoms. The molecule has 0 saturated heterocycles. The molecule has 0 N–H and O–H groups in total. The van der Waals surface area contributed by atoms with E-state index in [4.69, 9.17) is 13.3 Å². The van der Waals surface area contributed by atoms with Crippen molar-refractivity contribution >= 4 is 9.53 Å². The van der Waals surface area contributed by atoms with Crippen molar-refractivity contribution < 1.29 is 87.9 Å².